The highest BCUT2D eigenvalue weighted by atomic mass is 32.2. The second-order valence-corrected chi connectivity index (χ2v) is 6.92. The van der Waals surface area contributed by atoms with E-state index in [1.54, 1.807) is 26.2 Å². The summed E-state index contributed by atoms with van der Waals surface area (Å²) in [5.74, 6) is 0.691. The summed E-state index contributed by atoms with van der Waals surface area (Å²) in [4.78, 5) is 0.297. The number of hydrogen-bond acceptors (Lipinski definition) is 4. The third-order valence-electron chi connectivity index (χ3n) is 3.26. The first-order valence-corrected chi connectivity index (χ1v) is 8.53. The highest BCUT2D eigenvalue weighted by Gasteiger charge is 2.18. The zero-order chi connectivity index (χ0) is 16.0. The summed E-state index contributed by atoms with van der Waals surface area (Å²) in [6.07, 6.45) is 0.805. The maximum Gasteiger partial charge on any atom is 0.240 e. The van der Waals surface area contributed by atoms with E-state index in [9.17, 15) is 8.42 Å². The first kappa shape index (κ1) is 17.9. The molecule has 1 N–H and O–H groups in total. The lowest BCUT2D eigenvalue weighted by Crippen LogP contribution is -2.26. The molecule has 0 aliphatic rings. The predicted octanol–water partition coefficient (Wildman–Crippen LogP) is 2.41. The van der Waals surface area contributed by atoms with Crippen LogP contribution in [0.15, 0.2) is 17.0 Å². The molecule has 5 nitrogen and oxygen atoms in total. The van der Waals surface area contributed by atoms with Crippen LogP contribution in [-0.2, 0) is 14.8 Å². The van der Waals surface area contributed by atoms with Gasteiger partial charge in [0.25, 0.3) is 0 Å². The van der Waals surface area contributed by atoms with Crippen molar-refractivity contribution in [1.82, 2.24) is 4.72 Å². The van der Waals surface area contributed by atoms with Crippen LogP contribution < -0.4 is 9.46 Å². The molecule has 0 atom stereocenters. The van der Waals surface area contributed by atoms with Gasteiger partial charge in [0.2, 0.25) is 10.0 Å². The van der Waals surface area contributed by atoms with Crippen molar-refractivity contribution >= 4 is 10.0 Å². The van der Waals surface area contributed by atoms with Crippen LogP contribution in [-0.4, -0.2) is 34.8 Å². The maximum atomic E-state index is 12.3. The molecule has 0 saturated heterocycles. The summed E-state index contributed by atoms with van der Waals surface area (Å²) in [7, 11) is -1.93. The van der Waals surface area contributed by atoms with Gasteiger partial charge in [0.15, 0.2) is 0 Å². The van der Waals surface area contributed by atoms with E-state index in [4.69, 9.17) is 9.47 Å². The minimum Gasteiger partial charge on any atom is -0.496 e. The standard InChI is InChI=1S/C15H25NO4S/c1-11(2)20-10-6-9-16-21(17,18)15-8-7-14(19-5)12(3)13(15)4/h7-8,11,16H,6,9-10H2,1-5H3. The molecular formula is C15H25NO4S. The number of hydrogen-bond donors (Lipinski definition) is 1. The summed E-state index contributed by atoms with van der Waals surface area (Å²) in [6, 6.07) is 3.26. The normalized spacial score (nSPS) is 11.9. The van der Waals surface area contributed by atoms with Gasteiger partial charge >= 0.3 is 0 Å². The van der Waals surface area contributed by atoms with Gasteiger partial charge in [0.05, 0.1) is 18.1 Å². The maximum absolute atomic E-state index is 12.3. The van der Waals surface area contributed by atoms with Crippen LogP contribution in [0.3, 0.4) is 0 Å². The number of sulfonamides is 1. The molecule has 0 aromatic heterocycles. The van der Waals surface area contributed by atoms with Crippen molar-refractivity contribution in [3.63, 3.8) is 0 Å². The second kappa shape index (κ2) is 7.77. The molecule has 0 heterocycles. The molecule has 0 spiro atoms. The number of rotatable bonds is 8. The molecule has 1 aromatic carbocycles. The molecule has 0 aliphatic heterocycles. The fourth-order valence-electron chi connectivity index (χ4n) is 1.96. The van der Waals surface area contributed by atoms with Gasteiger partial charge in [-0.3, -0.25) is 0 Å². The van der Waals surface area contributed by atoms with Crippen molar-refractivity contribution in [2.45, 2.75) is 45.1 Å². The summed E-state index contributed by atoms with van der Waals surface area (Å²) in [5, 5.41) is 0. The highest BCUT2D eigenvalue weighted by molar-refractivity contribution is 7.89. The van der Waals surface area contributed by atoms with E-state index in [-0.39, 0.29) is 6.10 Å². The van der Waals surface area contributed by atoms with Gasteiger partial charge in [-0.2, -0.15) is 0 Å². The molecule has 0 unspecified atom stereocenters. The lowest BCUT2D eigenvalue weighted by Gasteiger charge is -2.14. The number of ether oxygens (including phenoxy) is 2. The topological polar surface area (TPSA) is 64.6 Å². The second-order valence-electron chi connectivity index (χ2n) is 5.19. The number of benzene rings is 1. The molecule has 0 saturated carbocycles. The van der Waals surface area contributed by atoms with Gasteiger partial charge in [-0.1, -0.05) is 0 Å². The Hall–Kier alpha value is -1.11. The Balaban J connectivity index is 2.73. The van der Waals surface area contributed by atoms with Gasteiger partial charge in [-0.05, 0) is 57.4 Å². The Labute approximate surface area is 127 Å². The lowest BCUT2D eigenvalue weighted by molar-refractivity contribution is 0.0778. The van der Waals surface area contributed by atoms with Gasteiger partial charge in [0.1, 0.15) is 5.75 Å². The molecule has 1 rings (SSSR count). The first-order valence-electron chi connectivity index (χ1n) is 7.05. The third-order valence-corrected chi connectivity index (χ3v) is 4.87. The number of nitrogens with one attached hydrogen (secondary N) is 1. The third kappa shape index (κ3) is 4.98. The monoisotopic (exact) mass is 315 g/mol. The zero-order valence-electron chi connectivity index (χ0n) is 13.4. The largest absolute Gasteiger partial charge is 0.496 e. The van der Waals surface area contributed by atoms with Crippen molar-refractivity contribution in [2.75, 3.05) is 20.3 Å². The SMILES string of the molecule is COc1ccc(S(=O)(=O)NCCCOC(C)C)c(C)c1C. The summed E-state index contributed by atoms with van der Waals surface area (Å²) < 4.78 is 37.8. The Morgan fingerprint density at radius 3 is 2.43 bits per heavy atom. The molecule has 0 aliphatic carbocycles. The molecule has 0 fully saturated rings. The van der Waals surface area contributed by atoms with Crippen LogP contribution >= 0.6 is 0 Å². The highest BCUT2D eigenvalue weighted by Crippen LogP contribution is 2.26. The molecule has 0 bridgehead atoms. The van der Waals surface area contributed by atoms with Crippen LogP contribution in [0, 0.1) is 13.8 Å². The van der Waals surface area contributed by atoms with Crippen molar-refractivity contribution in [3.8, 4) is 5.75 Å². The molecular weight excluding hydrogens is 290 g/mol. The van der Waals surface area contributed by atoms with E-state index >= 15 is 0 Å². The smallest absolute Gasteiger partial charge is 0.240 e. The van der Waals surface area contributed by atoms with Crippen LogP contribution in [0.4, 0.5) is 0 Å². The number of methoxy groups -OCH3 is 1. The summed E-state index contributed by atoms with van der Waals surface area (Å²) in [5.41, 5.74) is 1.55. The van der Waals surface area contributed by atoms with Gasteiger partial charge in [0, 0.05) is 13.2 Å². The molecule has 0 radical (unpaired) electrons. The Morgan fingerprint density at radius 1 is 1.19 bits per heavy atom. The fourth-order valence-corrected chi connectivity index (χ4v) is 3.33. The molecule has 21 heavy (non-hydrogen) atoms. The van der Waals surface area contributed by atoms with E-state index in [2.05, 4.69) is 4.72 Å². The van der Waals surface area contributed by atoms with Crippen LogP contribution in [0.5, 0.6) is 5.75 Å². The minimum absolute atomic E-state index is 0.160. The van der Waals surface area contributed by atoms with Crippen molar-refractivity contribution in [3.05, 3.63) is 23.3 Å². The van der Waals surface area contributed by atoms with Crippen LogP contribution in [0.1, 0.15) is 31.4 Å². The van der Waals surface area contributed by atoms with Gasteiger partial charge in [-0.15, -0.1) is 0 Å². The quantitative estimate of drug-likeness (QED) is 0.748. The lowest BCUT2D eigenvalue weighted by atomic mass is 10.1. The van der Waals surface area contributed by atoms with Gasteiger partial charge < -0.3 is 9.47 Å². The Kier molecular flexibility index (Phi) is 6.64. The summed E-state index contributed by atoms with van der Waals surface area (Å²) >= 11 is 0. The van der Waals surface area contributed by atoms with E-state index in [0.717, 1.165) is 5.56 Å². The Morgan fingerprint density at radius 2 is 1.86 bits per heavy atom. The molecule has 120 valence electrons. The molecule has 1 aromatic rings. The zero-order valence-corrected chi connectivity index (χ0v) is 14.2. The minimum atomic E-state index is -3.50. The van der Waals surface area contributed by atoms with Crippen molar-refractivity contribution < 1.29 is 17.9 Å². The predicted molar refractivity (Wildman–Crippen MR) is 83.4 cm³/mol. The van der Waals surface area contributed by atoms with E-state index in [1.807, 2.05) is 20.8 Å². The van der Waals surface area contributed by atoms with E-state index in [1.165, 1.54) is 0 Å². The van der Waals surface area contributed by atoms with Crippen molar-refractivity contribution in [1.29, 1.82) is 0 Å². The Bertz CT molecular complexity index is 567. The van der Waals surface area contributed by atoms with Crippen molar-refractivity contribution in [2.24, 2.45) is 0 Å². The first-order chi connectivity index (χ1) is 9.79. The van der Waals surface area contributed by atoms with Gasteiger partial charge in [-0.25, -0.2) is 13.1 Å². The van der Waals surface area contributed by atoms with E-state index < -0.39 is 10.0 Å². The van der Waals surface area contributed by atoms with Crippen LogP contribution in [0.25, 0.3) is 0 Å². The van der Waals surface area contributed by atoms with Crippen LogP contribution in [0.2, 0.25) is 0 Å². The average Bonchev–Trinajstić information content (AvgIpc) is 2.40. The average molecular weight is 315 g/mol. The fraction of sp³-hybridized carbons (Fsp3) is 0.600. The molecule has 0 amide bonds. The molecule has 6 heteroatoms. The van der Waals surface area contributed by atoms with E-state index in [0.29, 0.717) is 35.8 Å². The summed E-state index contributed by atoms with van der Waals surface area (Å²) in [6.45, 7) is 8.44.